The fraction of sp³-hybridized carbons (Fsp3) is 0.294. The molecular formula is C17H17F3N2. The Morgan fingerprint density at radius 2 is 1.82 bits per heavy atom. The van der Waals surface area contributed by atoms with E-state index in [1.54, 1.807) is 6.07 Å². The third kappa shape index (κ3) is 3.09. The van der Waals surface area contributed by atoms with Gasteiger partial charge in [0, 0.05) is 24.8 Å². The van der Waals surface area contributed by atoms with Crippen molar-refractivity contribution in [3.63, 3.8) is 0 Å². The molecule has 0 bridgehead atoms. The van der Waals surface area contributed by atoms with Crippen LogP contribution in [0.15, 0.2) is 48.5 Å². The largest absolute Gasteiger partial charge is 0.416 e. The van der Waals surface area contributed by atoms with Gasteiger partial charge in [0.2, 0.25) is 0 Å². The SMILES string of the molecule is NC1Cc2ccc(C(F)(F)F)cc2N(Cc2ccccc2)C1. The Balaban J connectivity index is 1.96. The normalized spacial score (nSPS) is 18.2. The number of nitrogens with two attached hydrogens (primary N) is 1. The summed E-state index contributed by atoms with van der Waals surface area (Å²) in [5.74, 6) is 0. The zero-order valence-electron chi connectivity index (χ0n) is 12.0. The molecule has 0 fully saturated rings. The van der Waals surface area contributed by atoms with Crippen LogP contribution in [-0.2, 0) is 19.1 Å². The van der Waals surface area contributed by atoms with E-state index in [9.17, 15) is 13.2 Å². The Morgan fingerprint density at radius 3 is 2.50 bits per heavy atom. The van der Waals surface area contributed by atoms with E-state index in [1.165, 1.54) is 6.07 Å². The molecular weight excluding hydrogens is 289 g/mol. The molecule has 0 saturated heterocycles. The molecule has 2 nitrogen and oxygen atoms in total. The van der Waals surface area contributed by atoms with Gasteiger partial charge in [0.25, 0.3) is 0 Å². The highest BCUT2D eigenvalue weighted by Crippen LogP contribution is 2.36. The minimum Gasteiger partial charge on any atom is -0.365 e. The number of hydrogen-bond donors (Lipinski definition) is 1. The van der Waals surface area contributed by atoms with Gasteiger partial charge in [0.1, 0.15) is 0 Å². The summed E-state index contributed by atoms with van der Waals surface area (Å²) < 4.78 is 38.8. The van der Waals surface area contributed by atoms with E-state index in [4.69, 9.17) is 5.73 Å². The average molecular weight is 306 g/mol. The molecule has 0 saturated carbocycles. The van der Waals surface area contributed by atoms with Crippen molar-refractivity contribution in [2.75, 3.05) is 11.4 Å². The highest BCUT2D eigenvalue weighted by atomic mass is 19.4. The van der Waals surface area contributed by atoms with Crippen LogP contribution in [0.5, 0.6) is 0 Å². The van der Waals surface area contributed by atoms with Crippen LogP contribution in [0.2, 0.25) is 0 Å². The smallest absolute Gasteiger partial charge is 0.365 e. The van der Waals surface area contributed by atoms with Gasteiger partial charge in [-0.3, -0.25) is 0 Å². The molecule has 1 aliphatic rings. The molecule has 0 radical (unpaired) electrons. The molecule has 1 heterocycles. The molecule has 1 unspecified atom stereocenters. The first kappa shape index (κ1) is 14.9. The standard InChI is InChI=1S/C17H17F3N2/c18-17(19,20)14-7-6-13-8-15(21)11-22(16(13)9-14)10-12-4-2-1-3-5-12/h1-7,9,15H,8,10-11,21H2. The third-order valence-corrected chi connectivity index (χ3v) is 3.91. The molecule has 1 atom stereocenters. The Labute approximate surface area is 127 Å². The molecule has 116 valence electrons. The number of hydrogen-bond acceptors (Lipinski definition) is 2. The lowest BCUT2D eigenvalue weighted by atomic mass is 9.96. The molecule has 3 rings (SSSR count). The molecule has 2 N–H and O–H groups in total. The van der Waals surface area contributed by atoms with Gasteiger partial charge in [-0.1, -0.05) is 36.4 Å². The predicted octanol–water partition coefficient (Wildman–Crippen LogP) is 3.60. The Bertz CT molecular complexity index is 653. The van der Waals surface area contributed by atoms with Crippen LogP contribution in [0, 0.1) is 0 Å². The van der Waals surface area contributed by atoms with E-state index in [0.717, 1.165) is 17.2 Å². The lowest BCUT2D eigenvalue weighted by Crippen LogP contribution is -2.43. The Morgan fingerprint density at radius 1 is 1.09 bits per heavy atom. The molecule has 0 amide bonds. The molecule has 0 spiro atoms. The van der Waals surface area contributed by atoms with Crippen molar-refractivity contribution in [1.29, 1.82) is 0 Å². The van der Waals surface area contributed by atoms with E-state index in [-0.39, 0.29) is 6.04 Å². The highest BCUT2D eigenvalue weighted by Gasteiger charge is 2.32. The van der Waals surface area contributed by atoms with Crippen molar-refractivity contribution in [3.05, 3.63) is 65.2 Å². The summed E-state index contributed by atoms with van der Waals surface area (Å²) in [6, 6.07) is 13.6. The Kier molecular flexibility index (Phi) is 3.83. The fourth-order valence-electron chi connectivity index (χ4n) is 2.89. The first-order chi connectivity index (χ1) is 10.4. The van der Waals surface area contributed by atoms with Crippen molar-refractivity contribution in [2.24, 2.45) is 5.73 Å². The quantitative estimate of drug-likeness (QED) is 0.918. The maximum Gasteiger partial charge on any atom is 0.416 e. The summed E-state index contributed by atoms with van der Waals surface area (Å²) in [5, 5.41) is 0. The number of rotatable bonds is 2. The van der Waals surface area contributed by atoms with Gasteiger partial charge in [0.15, 0.2) is 0 Å². The molecule has 2 aromatic carbocycles. The summed E-state index contributed by atoms with van der Waals surface area (Å²) in [7, 11) is 0. The summed E-state index contributed by atoms with van der Waals surface area (Å²) in [4.78, 5) is 1.94. The minimum absolute atomic E-state index is 0.0621. The molecule has 2 aromatic rings. The molecule has 5 heteroatoms. The molecule has 22 heavy (non-hydrogen) atoms. The number of alkyl halides is 3. The lowest BCUT2D eigenvalue weighted by molar-refractivity contribution is -0.137. The second-order valence-electron chi connectivity index (χ2n) is 5.67. The van der Waals surface area contributed by atoms with Crippen LogP contribution in [-0.4, -0.2) is 12.6 Å². The van der Waals surface area contributed by atoms with Crippen LogP contribution >= 0.6 is 0 Å². The topological polar surface area (TPSA) is 29.3 Å². The fourth-order valence-corrected chi connectivity index (χ4v) is 2.89. The first-order valence-electron chi connectivity index (χ1n) is 7.18. The molecule has 0 aromatic heterocycles. The predicted molar refractivity (Wildman–Crippen MR) is 80.6 cm³/mol. The zero-order valence-corrected chi connectivity index (χ0v) is 12.0. The summed E-state index contributed by atoms with van der Waals surface area (Å²) in [6.45, 7) is 1.12. The van der Waals surface area contributed by atoms with Crippen LogP contribution in [0.3, 0.4) is 0 Å². The monoisotopic (exact) mass is 306 g/mol. The van der Waals surface area contributed by atoms with Crippen molar-refractivity contribution in [3.8, 4) is 0 Å². The summed E-state index contributed by atoms with van der Waals surface area (Å²) in [6.07, 6.45) is -3.72. The van der Waals surface area contributed by atoms with Gasteiger partial charge < -0.3 is 10.6 Å². The van der Waals surface area contributed by atoms with E-state index < -0.39 is 11.7 Å². The van der Waals surface area contributed by atoms with Gasteiger partial charge in [-0.25, -0.2) is 0 Å². The zero-order chi connectivity index (χ0) is 15.7. The second-order valence-corrected chi connectivity index (χ2v) is 5.67. The summed E-state index contributed by atoms with van der Waals surface area (Å²) in [5.41, 5.74) is 8.01. The maximum absolute atomic E-state index is 12.9. The summed E-state index contributed by atoms with van der Waals surface area (Å²) >= 11 is 0. The van der Waals surface area contributed by atoms with Crippen LogP contribution < -0.4 is 10.6 Å². The first-order valence-corrected chi connectivity index (χ1v) is 7.18. The van der Waals surface area contributed by atoms with E-state index >= 15 is 0 Å². The van der Waals surface area contributed by atoms with Crippen LogP contribution in [0.4, 0.5) is 18.9 Å². The van der Waals surface area contributed by atoms with E-state index in [0.29, 0.717) is 25.2 Å². The average Bonchev–Trinajstić information content (AvgIpc) is 2.46. The van der Waals surface area contributed by atoms with Gasteiger partial charge in [-0.05, 0) is 29.7 Å². The van der Waals surface area contributed by atoms with Gasteiger partial charge in [0.05, 0.1) is 5.56 Å². The second kappa shape index (κ2) is 5.65. The lowest BCUT2D eigenvalue weighted by Gasteiger charge is -2.35. The van der Waals surface area contributed by atoms with Crippen LogP contribution in [0.1, 0.15) is 16.7 Å². The van der Waals surface area contributed by atoms with Crippen molar-refractivity contribution in [1.82, 2.24) is 0 Å². The van der Waals surface area contributed by atoms with Gasteiger partial charge in [-0.15, -0.1) is 0 Å². The number of halogens is 3. The third-order valence-electron chi connectivity index (χ3n) is 3.91. The number of anilines is 1. The molecule has 1 aliphatic heterocycles. The van der Waals surface area contributed by atoms with Gasteiger partial charge >= 0.3 is 6.18 Å². The number of fused-ring (bicyclic) bond motifs is 1. The molecule has 0 aliphatic carbocycles. The van der Waals surface area contributed by atoms with E-state index in [2.05, 4.69) is 0 Å². The van der Waals surface area contributed by atoms with Gasteiger partial charge in [-0.2, -0.15) is 13.2 Å². The number of benzene rings is 2. The number of nitrogens with zero attached hydrogens (tertiary/aromatic N) is 1. The maximum atomic E-state index is 12.9. The highest BCUT2D eigenvalue weighted by molar-refractivity contribution is 5.58. The van der Waals surface area contributed by atoms with E-state index in [1.807, 2.05) is 35.2 Å². The van der Waals surface area contributed by atoms with Crippen molar-refractivity contribution in [2.45, 2.75) is 25.2 Å². The van der Waals surface area contributed by atoms with Crippen molar-refractivity contribution < 1.29 is 13.2 Å². The Hall–Kier alpha value is -2.01. The minimum atomic E-state index is -4.33. The van der Waals surface area contributed by atoms with Crippen LogP contribution in [0.25, 0.3) is 0 Å². The van der Waals surface area contributed by atoms with Crippen molar-refractivity contribution >= 4 is 5.69 Å².